The second-order valence-electron chi connectivity index (χ2n) is 3.92. The van der Waals surface area contributed by atoms with Crippen LogP contribution in [-0.2, 0) is 11.2 Å². The van der Waals surface area contributed by atoms with Crippen LogP contribution in [0.25, 0.3) is 0 Å². The number of aryl methyl sites for hydroxylation is 1. The lowest BCUT2D eigenvalue weighted by atomic mass is 10.1. The monoisotopic (exact) mass is 223 g/mol. The summed E-state index contributed by atoms with van der Waals surface area (Å²) in [6.07, 6.45) is 0.748. The van der Waals surface area contributed by atoms with Crippen LogP contribution in [0.4, 0.5) is 0 Å². The molecule has 16 heavy (non-hydrogen) atoms. The predicted molar refractivity (Wildman–Crippen MR) is 60.3 cm³/mol. The standard InChI is InChI=1S/C12H17NO3/c1-4-9-5-6-11(16-9)12(15)13-7-10(14)8(2)3/h5-6,8H,4,7H2,1-3H3,(H,13,15). The van der Waals surface area contributed by atoms with E-state index in [1.807, 2.05) is 6.92 Å². The number of amides is 1. The van der Waals surface area contributed by atoms with Crippen molar-refractivity contribution in [1.29, 1.82) is 0 Å². The zero-order valence-electron chi connectivity index (χ0n) is 9.87. The number of rotatable bonds is 5. The van der Waals surface area contributed by atoms with E-state index in [0.29, 0.717) is 0 Å². The third-order valence-corrected chi connectivity index (χ3v) is 2.30. The van der Waals surface area contributed by atoms with Crippen LogP contribution in [0.15, 0.2) is 16.5 Å². The first-order valence-corrected chi connectivity index (χ1v) is 5.44. The second kappa shape index (κ2) is 5.49. The average molecular weight is 223 g/mol. The first-order valence-electron chi connectivity index (χ1n) is 5.44. The molecule has 0 saturated heterocycles. The number of hydrogen-bond donors (Lipinski definition) is 1. The van der Waals surface area contributed by atoms with Gasteiger partial charge in [0, 0.05) is 12.3 Å². The largest absolute Gasteiger partial charge is 0.456 e. The van der Waals surface area contributed by atoms with E-state index < -0.39 is 0 Å². The van der Waals surface area contributed by atoms with Gasteiger partial charge in [0.15, 0.2) is 11.5 Å². The summed E-state index contributed by atoms with van der Waals surface area (Å²) in [7, 11) is 0. The van der Waals surface area contributed by atoms with Crippen molar-refractivity contribution in [2.75, 3.05) is 6.54 Å². The Morgan fingerprint density at radius 2 is 2.06 bits per heavy atom. The lowest BCUT2D eigenvalue weighted by Gasteiger charge is -2.04. The number of carbonyl (C=O) groups is 2. The molecule has 0 radical (unpaired) electrons. The van der Waals surface area contributed by atoms with Crippen molar-refractivity contribution in [3.63, 3.8) is 0 Å². The Kier molecular flexibility index (Phi) is 4.28. The van der Waals surface area contributed by atoms with Crippen molar-refractivity contribution in [3.05, 3.63) is 23.7 Å². The molecule has 1 amide bonds. The smallest absolute Gasteiger partial charge is 0.287 e. The highest BCUT2D eigenvalue weighted by Gasteiger charge is 2.13. The van der Waals surface area contributed by atoms with Crippen LogP contribution in [0.3, 0.4) is 0 Å². The molecule has 1 N–H and O–H groups in total. The van der Waals surface area contributed by atoms with E-state index in [0.717, 1.165) is 12.2 Å². The molecule has 0 atom stereocenters. The Hall–Kier alpha value is -1.58. The van der Waals surface area contributed by atoms with Gasteiger partial charge >= 0.3 is 0 Å². The van der Waals surface area contributed by atoms with Gasteiger partial charge in [0.25, 0.3) is 5.91 Å². The summed E-state index contributed by atoms with van der Waals surface area (Å²) >= 11 is 0. The minimum absolute atomic E-state index is 0.00983. The molecule has 0 aliphatic heterocycles. The highest BCUT2D eigenvalue weighted by atomic mass is 16.3. The van der Waals surface area contributed by atoms with Gasteiger partial charge in [-0.2, -0.15) is 0 Å². The average Bonchev–Trinajstić information content (AvgIpc) is 2.73. The van der Waals surface area contributed by atoms with E-state index in [4.69, 9.17) is 4.42 Å². The molecule has 0 aliphatic rings. The van der Waals surface area contributed by atoms with E-state index in [1.165, 1.54) is 0 Å². The van der Waals surface area contributed by atoms with Crippen molar-refractivity contribution in [3.8, 4) is 0 Å². The maximum Gasteiger partial charge on any atom is 0.287 e. The second-order valence-corrected chi connectivity index (χ2v) is 3.92. The van der Waals surface area contributed by atoms with E-state index >= 15 is 0 Å². The van der Waals surface area contributed by atoms with Gasteiger partial charge in [0.1, 0.15) is 5.76 Å². The van der Waals surface area contributed by atoms with Gasteiger partial charge in [0.05, 0.1) is 6.54 Å². The maximum absolute atomic E-state index is 11.5. The number of ketones is 1. The maximum atomic E-state index is 11.5. The van der Waals surface area contributed by atoms with Crippen LogP contribution in [-0.4, -0.2) is 18.2 Å². The van der Waals surface area contributed by atoms with Crippen LogP contribution >= 0.6 is 0 Å². The van der Waals surface area contributed by atoms with Gasteiger partial charge in [-0.15, -0.1) is 0 Å². The fraction of sp³-hybridized carbons (Fsp3) is 0.500. The van der Waals surface area contributed by atoms with Crippen LogP contribution < -0.4 is 5.32 Å². The molecule has 1 rings (SSSR count). The van der Waals surface area contributed by atoms with E-state index in [-0.39, 0.29) is 29.9 Å². The summed E-state index contributed by atoms with van der Waals surface area (Å²) < 4.78 is 5.26. The SMILES string of the molecule is CCc1ccc(C(=O)NCC(=O)C(C)C)o1. The topological polar surface area (TPSA) is 59.3 Å². The van der Waals surface area contributed by atoms with Gasteiger partial charge in [-0.3, -0.25) is 9.59 Å². The third-order valence-electron chi connectivity index (χ3n) is 2.30. The molecule has 0 bridgehead atoms. The number of furan rings is 1. The summed E-state index contributed by atoms with van der Waals surface area (Å²) in [5, 5.41) is 2.54. The predicted octanol–water partition coefficient (Wildman–Crippen LogP) is 1.80. The Bertz CT molecular complexity index is 379. The Labute approximate surface area is 95.0 Å². The first kappa shape index (κ1) is 12.5. The van der Waals surface area contributed by atoms with E-state index in [1.54, 1.807) is 26.0 Å². The molecule has 88 valence electrons. The minimum Gasteiger partial charge on any atom is -0.456 e. The van der Waals surface area contributed by atoms with Crippen molar-refractivity contribution >= 4 is 11.7 Å². The summed E-state index contributed by atoms with van der Waals surface area (Å²) in [5.74, 6) is 0.626. The van der Waals surface area contributed by atoms with Gasteiger partial charge < -0.3 is 9.73 Å². The van der Waals surface area contributed by atoms with Gasteiger partial charge in [-0.1, -0.05) is 20.8 Å². The molecule has 0 spiro atoms. The molecule has 0 saturated carbocycles. The minimum atomic E-state index is -0.339. The highest BCUT2D eigenvalue weighted by molar-refractivity contribution is 5.94. The summed E-state index contributed by atoms with van der Waals surface area (Å²) in [4.78, 5) is 22.8. The molecule has 4 nitrogen and oxygen atoms in total. The molecular weight excluding hydrogens is 206 g/mol. The van der Waals surface area contributed by atoms with Crippen LogP contribution in [0.1, 0.15) is 37.1 Å². The quantitative estimate of drug-likeness (QED) is 0.828. The highest BCUT2D eigenvalue weighted by Crippen LogP contribution is 2.07. The zero-order chi connectivity index (χ0) is 12.1. The van der Waals surface area contributed by atoms with Crippen molar-refractivity contribution in [2.45, 2.75) is 27.2 Å². The summed E-state index contributed by atoms with van der Waals surface area (Å²) in [5.41, 5.74) is 0. The lowest BCUT2D eigenvalue weighted by Crippen LogP contribution is -2.31. The normalized spacial score (nSPS) is 10.5. The number of Topliss-reactive ketones (excluding diaryl/α,β-unsaturated/α-hetero) is 1. The molecule has 0 unspecified atom stereocenters. The summed E-state index contributed by atoms with van der Waals surface area (Å²) in [6.45, 7) is 5.61. The Morgan fingerprint density at radius 1 is 1.38 bits per heavy atom. The fourth-order valence-electron chi connectivity index (χ4n) is 1.15. The van der Waals surface area contributed by atoms with Crippen LogP contribution in [0.2, 0.25) is 0 Å². The molecular formula is C12H17NO3. The van der Waals surface area contributed by atoms with E-state index in [9.17, 15) is 9.59 Å². The zero-order valence-corrected chi connectivity index (χ0v) is 9.87. The Balaban J connectivity index is 2.49. The van der Waals surface area contributed by atoms with Gasteiger partial charge in [-0.05, 0) is 12.1 Å². The van der Waals surface area contributed by atoms with Gasteiger partial charge in [-0.25, -0.2) is 0 Å². The molecule has 4 heteroatoms. The third kappa shape index (κ3) is 3.22. The van der Waals surface area contributed by atoms with Crippen LogP contribution in [0, 0.1) is 5.92 Å². The number of carbonyl (C=O) groups excluding carboxylic acids is 2. The molecule has 1 aromatic heterocycles. The molecule has 0 aliphatic carbocycles. The molecule has 1 heterocycles. The Morgan fingerprint density at radius 3 is 2.56 bits per heavy atom. The number of nitrogens with one attached hydrogen (secondary N) is 1. The molecule has 0 fully saturated rings. The molecule has 0 aromatic carbocycles. The lowest BCUT2D eigenvalue weighted by molar-refractivity contribution is -0.120. The van der Waals surface area contributed by atoms with Crippen molar-refractivity contribution in [2.24, 2.45) is 5.92 Å². The number of hydrogen-bond acceptors (Lipinski definition) is 3. The van der Waals surface area contributed by atoms with E-state index in [2.05, 4.69) is 5.32 Å². The van der Waals surface area contributed by atoms with Crippen LogP contribution in [0.5, 0.6) is 0 Å². The van der Waals surface area contributed by atoms with Crippen molar-refractivity contribution < 1.29 is 14.0 Å². The van der Waals surface area contributed by atoms with Gasteiger partial charge in [0.2, 0.25) is 0 Å². The molecule has 1 aromatic rings. The summed E-state index contributed by atoms with van der Waals surface area (Å²) in [6, 6.07) is 3.38. The van der Waals surface area contributed by atoms with Crippen molar-refractivity contribution in [1.82, 2.24) is 5.32 Å². The first-order chi connectivity index (χ1) is 7.54. The fourth-order valence-corrected chi connectivity index (χ4v) is 1.15.